The summed E-state index contributed by atoms with van der Waals surface area (Å²) in [6.45, 7) is 0.384. The van der Waals surface area contributed by atoms with Crippen molar-refractivity contribution < 1.29 is 32.2 Å². The van der Waals surface area contributed by atoms with Crippen molar-refractivity contribution in [1.29, 1.82) is 0 Å². The molecule has 3 aromatic carbocycles. The highest BCUT2D eigenvalue weighted by molar-refractivity contribution is 5.85. The van der Waals surface area contributed by atoms with Gasteiger partial charge in [-0.15, -0.1) is 0 Å². The summed E-state index contributed by atoms with van der Waals surface area (Å²) in [7, 11) is 1.22. The Kier molecular flexibility index (Phi) is 8.29. The first-order valence-electron chi connectivity index (χ1n) is 10.5. The Bertz CT molecular complexity index is 1100. The molecule has 1 N–H and O–H groups in total. The molecule has 0 aliphatic rings. The summed E-state index contributed by atoms with van der Waals surface area (Å²) in [5.41, 5.74) is 1.36. The quantitative estimate of drug-likeness (QED) is 0.459. The molecule has 3 rings (SSSR count). The molecule has 0 saturated heterocycles. The zero-order valence-corrected chi connectivity index (χ0v) is 18.5. The molecule has 5 nitrogen and oxygen atoms in total. The smallest absolute Gasteiger partial charge is 0.416 e. The van der Waals surface area contributed by atoms with E-state index in [0.717, 1.165) is 23.3 Å². The predicted molar refractivity (Wildman–Crippen MR) is 120 cm³/mol. The molecule has 0 aliphatic carbocycles. The van der Waals surface area contributed by atoms with Crippen molar-refractivity contribution >= 4 is 11.9 Å². The van der Waals surface area contributed by atoms with Gasteiger partial charge in [-0.1, -0.05) is 54.6 Å². The summed E-state index contributed by atoms with van der Waals surface area (Å²) >= 11 is 0. The minimum absolute atomic E-state index is 0.161. The first kappa shape index (κ1) is 24.8. The van der Waals surface area contributed by atoms with E-state index in [2.05, 4.69) is 5.32 Å². The average molecular weight is 471 g/mol. The Hall–Kier alpha value is -3.81. The van der Waals surface area contributed by atoms with Crippen molar-refractivity contribution in [3.63, 3.8) is 0 Å². The average Bonchev–Trinajstić information content (AvgIpc) is 2.82. The van der Waals surface area contributed by atoms with Gasteiger partial charge in [-0.05, 0) is 41.0 Å². The van der Waals surface area contributed by atoms with Crippen molar-refractivity contribution in [2.75, 3.05) is 7.11 Å². The number of hydrogen-bond acceptors (Lipinski definition) is 4. The second kappa shape index (κ2) is 11.4. The van der Waals surface area contributed by atoms with Crippen LogP contribution in [0.5, 0.6) is 5.75 Å². The van der Waals surface area contributed by atoms with E-state index in [-0.39, 0.29) is 12.8 Å². The van der Waals surface area contributed by atoms with Crippen LogP contribution in [-0.2, 0) is 40.0 Å². The zero-order valence-electron chi connectivity index (χ0n) is 18.5. The van der Waals surface area contributed by atoms with Gasteiger partial charge < -0.3 is 14.8 Å². The Morgan fingerprint density at radius 2 is 1.56 bits per heavy atom. The fourth-order valence-electron chi connectivity index (χ4n) is 3.32. The number of benzene rings is 3. The number of halogens is 3. The monoisotopic (exact) mass is 471 g/mol. The SMILES string of the molecule is COC(=O)[C@H](Cc1cccc(OCc2ccccc2)c1)NC(=O)Cc1ccc(C(F)(F)F)cc1. The van der Waals surface area contributed by atoms with Gasteiger partial charge in [-0.3, -0.25) is 4.79 Å². The number of methoxy groups -OCH3 is 1. The number of carbonyl (C=O) groups is 2. The van der Waals surface area contributed by atoms with Gasteiger partial charge in [0, 0.05) is 6.42 Å². The second-order valence-corrected chi connectivity index (χ2v) is 7.64. The van der Waals surface area contributed by atoms with Gasteiger partial charge in [-0.2, -0.15) is 13.2 Å². The molecule has 0 heterocycles. The summed E-state index contributed by atoms with van der Waals surface area (Å²) in [6.07, 6.45) is -4.46. The molecule has 178 valence electrons. The van der Waals surface area contributed by atoms with Crippen LogP contribution in [0, 0.1) is 0 Å². The molecule has 0 spiro atoms. The molecule has 0 aromatic heterocycles. The van der Waals surface area contributed by atoms with E-state index < -0.39 is 29.7 Å². The molecular weight excluding hydrogens is 447 g/mol. The number of alkyl halides is 3. The number of esters is 1. The van der Waals surface area contributed by atoms with Crippen molar-refractivity contribution in [2.45, 2.75) is 31.7 Å². The van der Waals surface area contributed by atoms with Crippen molar-refractivity contribution in [1.82, 2.24) is 5.32 Å². The standard InChI is InChI=1S/C26H24F3NO4/c1-33-25(32)23(30-24(31)16-18-10-12-21(13-11-18)26(27,28)29)15-20-8-5-9-22(14-20)34-17-19-6-3-2-4-7-19/h2-14,23H,15-17H2,1H3,(H,30,31)/t23-/m0/s1. The topological polar surface area (TPSA) is 64.6 Å². The Labute approximate surface area is 195 Å². The maximum Gasteiger partial charge on any atom is 0.416 e. The summed E-state index contributed by atoms with van der Waals surface area (Å²) in [5.74, 6) is -0.524. The number of amides is 1. The number of rotatable bonds is 9. The summed E-state index contributed by atoms with van der Waals surface area (Å²) in [6, 6.07) is 20.2. The minimum Gasteiger partial charge on any atom is -0.489 e. The zero-order chi connectivity index (χ0) is 24.6. The third kappa shape index (κ3) is 7.37. The van der Waals surface area contributed by atoms with E-state index in [0.29, 0.717) is 17.9 Å². The van der Waals surface area contributed by atoms with Crippen LogP contribution in [0.2, 0.25) is 0 Å². The highest BCUT2D eigenvalue weighted by Gasteiger charge is 2.30. The molecule has 0 bridgehead atoms. The van der Waals surface area contributed by atoms with Gasteiger partial charge in [0.15, 0.2) is 0 Å². The number of carbonyl (C=O) groups excluding carboxylic acids is 2. The minimum atomic E-state index is -4.45. The highest BCUT2D eigenvalue weighted by atomic mass is 19.4. The van der Waals surface area contributed by atoms with Crippen LogP contribution in [0.25, 0.3) is 0 Å². The third-order valence-electron chi connectivity index (χ3n) is 5.05. The van der Waals surface area contributed by atoms with Gasteiger partial charge in [0.2, 0.25) is 5.91 Å². The van der Waals surface area contributed by atoms with Crippen molar-refractivity contribution in [2.24, 2.45) is 0 Å². The summed E-state index contributed by atoms with van der Waals surface area (Å²) < 4.78 is 48.8. The normalized spacial score (nSPS) is 12.0. The molecule has 0 radical (unpaired) electrons. The fourth-order valence-corrected chi connectivity index (χ4v) is 3.32. The predicted octanol–water partition coefficient (Wildman–Crippen LogP) is 4.73. The maximum atomic E-state index is 12.7. The van der Waals surface area contributed by atoms with Gasteiger partial charge in [-0.25, -0.2) is 4.79 Å². The molecule has 0 saturated carbocycles. The first-order valence-corrected chi connectivity index (χ1v) is 10.5. The summed E-state index contributed by atoms with van der Waals surface area (Å²) in [5, 5.41) is 2.61. The van der Waals surface area contributed by atoms with E-state index >= 15 is 0 Å². The molecule has 1 amide bonds. The third-order valence-corrected chi connectivity index (χ3v) is 5.05. The molecule has 8 heteroatoms. The van der Waals surface area contributed by atoms with Crippen LogP contribution in [0.3, 0.4) is 0 Å². The largest absolute Gasteiger partial charge is 0.489 e. The molecule has 0 fully saturated rings. The Morgan fingerprint density at radius 1 is 0.882 bits per heavy atom. The van der Waals surface area contributed by atoms with Gasteiger partial charge in [0.25, 0.3) is 0 Å². The lowest BCUT2D eigenvalue weighted by molar-refractivity contribution is -0.145. The highest BCUT2D eigenvalue weighted by Crippen LogP contribution is 2.29. The van der Waals surface area contributed by atoms with Gasteiger partial charge >= 0.3 is 12.1 Å². The summed E-state index contributed by atoms with van der Waals surface area (Å²) in [4.78, 5) is 24.7. The van der Waals surface area contributed by atoms with E-state index in [9.17, 15) is 22.8 Å². The lowest BCUT2D eigenvalue weighted by atomic mass is 10.0. The number of hydrogen-bond donors (Lipinski definition) is 1. The lowest BCUT2D eigenvalue weighted by Crippen LogP contribution is -2.43. The second-order valence-electron chi connectivity index (χ2n) is 7.64. The van der Waals surface area contributed by atoms with E-state index in [1.54, 1.807) is 24.3 Å². The van der Waals surface area contributed by atoms with E-state index in [4.69, 9.17) is 9.47 Å². The molecule has 3 aromatic rings. The number of ether oxygens (including phenoxy) is 2. The van der Waals surface area contributed by atoms with Crippen LogP contribution in [-0.4, -0.2) is 25.0 Å². The van der Waals surface area contributed by atoms with Crippen molar-refractivity contribution in [3.8, 4) is 5.75 Å². The molecule has 0 unspecified atom stereocenters. The van der Waals surface area contributed by atoms with Crippen molar-refractivity contribution in [3.05, 3.63) is 101 Å². The molecular formula is C26H24F3NO4. The Morgan fingerprint density at radius 3 is 2.21 bits per heavy atom. The molecule has 1 atom stereocenters. The van der Waals surface area contributed by atoms with Crippen LogP contribution in [0.4, 0.5) is 13.2 Å². The Balaban J connectivity index is 1.62. The van der Waals surface area contributed by atoms with E-state index in [1.165, 1.54) is 19.2 Å². The maximum absolute atomic E-state index is 12.7. The first-order chi connectivity index (χ1) is 16.2. The number of nitrogens with one attached hydrogen (secondary N) is 1. The molecule has 34 heavy (non-hydrogen) atoms. The van der Waals surface area contributed by atoms with Crippen LogP contribution in [0.15, 0.2) is 78.9 Å². The van der Waals surface area contributed by atoms with Crippen LogP contribution >= 0.6 is 0 Å². The van der Waals surface area contributed by atoms with E-state index in [1.807, 2.05) is 30.3 Å². The molecule has 0 aliphatic heterocycles. The van der Waals surface area contributed by atoms with Crippen LogP contribution in [0.1, 0.15) is 22.3 Å². The van der Waals surface area contributed by atoms with Gasteiger partial charge in [0.1, 0.15) is 18.4 Å². The lowest BCUT2D eigenvalue weighted by Gasteiger charge is -2.17. The van der Waals surface area contributed by atoms with Gasteiger partial charge in [0.05, 0.1) is 19.1 Å². The fraction of sp³-hybridized carbons (Fsp3) is 0.231. The van der Waals surface area contributed by atoms with Crippen LogP contribution < -0.4 is 10.1 Å².